The van der Waals surface area contributed by atoms with Crippen LogP contribution in [0.2, 0.25) is 5.02 Å². The second kappa shape index (κ2) is 8.88. The Balaban J connectivity index is 1.13. The molecule has 3 saturated heterocycles. The van der Waals surface area contributed by atoms with Gasteiger partial charge in [0, 0.05) is 42.2 Å². The largest absolute Gasteiger partial charge is 0.420 e. The Morgan fingerprint density at radius 1 is 1.13 bits per heavy atom. The van der Waals surface area contributed by atoms with Crippen LogP contribution < -0.4 is 5.32 Å². The third-order valence-electron chi connectivity index (χ3n) is 7.07. The zero-order chi connectivity index (χ0) is 21.4. The van der Waals surface area contributed by atoms with E-state index >= 15 is 0 Å². The van der Waals surface area contributed by atoms with Gasteiger partial charge in [0.2, 0.25) is 17.7 Å². The van der Waals surface area contributed by atoms with E-state index in [9.17, 15) is 4.79 Å². The Morgan fingerprint density at radius 2 is 1.90 bits per heavy atom. The maximum Gasteiger partial charge on any atom is 0.247 e. The predicted molar refractivity (Wildman–Crippen MR) is 119 cm³/mol. The molecular weight excluding hydrogens is 414 g/mol. The van der Waals surface area contributed by atoms with Gasteiger partial charge >= 0.3 is 0 Å². The summed E-state index contributed by atoms with van der Waals surface area (Å²) in [6, 6.07) is 7.87. The van der Waals surface area contributed by atoms with Crippen molar-refractivity contribution in [1.82, 2.24) is 25.3 Å². The van der Waals surface area contributed by atoms with E-state index in [4.69, 9.17) is 16.0 Å². The van der Waals surface area contributed by atoms with Gasteiger partial charge in [-0.25, -0.2) is 0 Å². The number of halogens is 1. The molecule has 31 heavy (non-hydrogen) atoms. The monoisotopic (exact) mass is 443 g/mol. The third-order valence-corrected chi connectivity index (χ3v) is 7.32. The van der Waals surface area contributed by atoms with E-state index in [1.54, 1.807) is 0 Å². The summed E-state index contributed by atoms with van der Waals surface area (Å²) in [6.45, 7) is 6.94. The first kappa shape index (κ1) is 20.9. The van der Waals surface area contributed by atoms with Crippen LogP contribution >= 0.6 is 11.6 Å². The van der Waals surface area contributed by atoms with Gasteiger partial charge in [-0.2, -0.15) is 0 Å². The average molecular weight is 444 g/mol. The second-order valence-electron chi connectivity index (χ2n) is 9.29. The van der Waals surface area contributed by atoms with Gasteiger partial charge in [0.25, 0.3) is 0 Å². The number of likely N-dealkylation sites (tertiary alicyclic amines) is 2. The maximum atomic E-state index is 12.8. The molecule has 3 aliphatic heterocycles. The van der Waals surface area contributed by atoms with Gasteiger partial charge < -0.3 is 14.6 Å². The number of carbonyl (C=O) groups excluding carboxylic acids is 1. The van der Waals surface area contributed by atoms with E-state index in [0.29, 0.717) is 34.7 Å². The summed E-state index contributed by atoms with van der Waals surface area (Å²) in [7, 11) is 0. The number of hydrogen-bond acceptors (Lipinski definition) is 6. The number of benzene rings is 1. The molecule has 8 heteroatoms. The smallest absolute Gasteiger partial charge is 0.247 e. The van der Waals surface area contributed by atoms with Crippen LogP contribution in [0.3, 0.4) is 0 Å². The number of aromatic nitrogens is 2. The van der Waals surface area contributed by atoms with E-state index in [2.05, 4.69) is 27.3 Å². The summed E-state index contributed by atoms with van der Waals surface area (Å²) < 4.78 is 5.98. The Kier molecular flexibility index (Phi) is 5.99. The highest BCUT2D eigenvalue weighted by atomic mass is 35.5. The van der Waals surface area contributed by atoms with Crippen molar-refractivity contribution < 1.29 is 9.21 Å². The Morgan fingerprint density at radius 3 is 2.61 bits per heavy atom. The molecule has 1 aromatic heterocycles. The minimum atomic E-state index is -0.0223. The van der Waals surface area contributed by atoms with Crippen LogP contribution in [0.25, 0.3) is 11.5 Å². The highest BCUT2D eigenvalue weighted by Gasteiger charge is 2.38. The lowest BCUT2D eigenvalue weighted by Crippen LogP contribution is -2.42. The van der Waals surface area contributed by atoms with Gasteiger partial charge in [-0.05, 0) is 69.0 Å². The molecule has 3 aliphatic rings. The summed E-state index contributed by atoms with van der Waals surface area (Å²) in [5.74, 6) is 2.49. The highest BCUT2D eigenvalue weighted by Crippen LogP contribution is 2.31. The first-order valence-corrected chi connectivity index (χ1v) is 11.8. The van der Waals surface area contributed by atoms with Crippen LogP contribution in [0.1, 0.15) is 44.4 Å². The molecule has 1 unspecified atom stereocenters. The fourth-order valence-electron chi connectivity index (χ4n) is 5.16. The molecule has 1 amide bonds. The van der Waals surface area contributed by atoms with Crippen molar-refractivity contribution in [2.75, 3.05) is 32.7 Å². The van der Waals surface area contributed by atoms with Crippen LogP contribution in [0.15, 0.2) is 28.7 Å². The summed E-state index contributed by atoms with van der Waals surface area (Å²) in [5, 5.41) is 12.7. The fraction of sp³-hybridized carbons (Fsp3) is 0.609. The molecule has 7 nitrogen and oxygen atoms in total. The molecule has 166 valence electrons. The molecule has 0 radical (unpaired) electrons. The molecule has 4 heterocycles. The standard InChI is InChI=1S/C23H30ClN5O2/c1-15-6-9-29(14-15)23(30)20-12-19(13-25-20)28-10-7-17(8-11-28)22-27-26-21(31-22)16-2-4-18(24)5-3-16/h2-5,15,17,19-20,25H,6-14H2,1H3/t15?,19-,20-/m0/s1. The zero-order valence-electron chi connectivity index (χ0n) is 18.0. The number of nitrogens with one attached hydrogen (secondary N) is 1. The zero-order valence-corrected chi connectivity index (χ0v) is 18.7. The molecule has 3 atom stereocenters. The molecule has 0 spiro atoms. The fourth-order valence-corrected chi connectivity index (χ4v) is 5.29. The number of nitrogens with zero attached hydrogens (tertiary/aromatic N) is 4. The third kappa shape index (κ3) is 4.49. The number of carbonyl (C=O) groups is 1. The van der Waals surface area contributed by atoms with Crippen LogP contribution in [-0.4, -0.2) is 70.7 Å². The molecule has 1 N–H and O–H groups in total. The van der Waals surface area contributed by atoms with Crippen molar-refractivity contribution in [3.63, 3.8) is 0 Å². The lowest BCUT2D eigenvalue weighted by atomic mass is 9.95. The van der Waals surface area contributed by atoms with Crippen molar-refractivity contribution >= 4 is 17.5 Å². The second-order valence-corrected chi connectivity index (χ2v) is 9.73. The van der Waals surface area contributed by atoms with E-state index in [1.165, 1.54) is 0 Å². The Hall–Kier alpha value is -1.96. The van der Waals surface area contributed by atoms with Gasteiger partial charge in [0.05, 0.1) is 6.04 Å². The summed E-state index contributed by atoms with van der Waals surface area (Å²) in [5.41, 5.74) is 0.890. The summed E-state index contributed by atoms with van der Waals surface area (Å²) in [6.07, 6.45) is 4.04. The van der Waals surface area contributed by atoms with E-state index in [0.717, 1.165) is 69.9 Å². The topological polar surface area (TPSA) is 74.5 Å². The highest BCUT2D eigenvalue weighted by molar-refractivity contribution is 6.30. The Labute approximate surface area is 188 Å². The lowest BCUT2D eigenvalue weighted by molar-refractivity contribution is -0.132. The predicted octanol–water partition coefficient (Wildman–Crippen LogP) is 3.17. The van der Waals surface area contributed by atoms with Crippen molar-refractivity contribution in [3.05, 3.63) is 35.2 Å². The number of hydrogen-bond donors (Lipinski definition) is 1. The summed E-state index contributed by atoms with van der Waals surface area (Å²) in [4.78, 5) is 17.4. The van der Waals surface area contributed by atoms with Gasteiger partial charge in [0.15, 0.2) is 0 Å². The lowest BCUT2D eigenvalue weighted by Gasteiger charge is -2.34. The van der Waals surface area contributed by atoms with Crippen LogP contribution in [-0.2, 0) is 4.79 Å². The number of piperidine rings is 1. The van der Waals surface area contributed by atoms with Crippen LogP contribution in [0.4, 0.5) is 0 Å². The molecule has 0 bridgehead atoms. The molecule has 3 fully saturated rings. The summed E-state index contributed by atoms with van der Waals surface area (Å²) >= 11 is 5.96. The normalized spacial score (nSPS) is 27.8. The average Bonchev–Trinajstić information content (AvgIpc) is 3.55. The van der Waals surface area contributed by atoms with Gasteiger partial charge in [-0.3, -0.25) is 9.69 Å². The van der Waals surface area contributed by atoms with Gasteiger partial charge in [0.1, 0.15) is 0 Å². The van der Waals surface area contributed by atoms with E-state index in [1.807, 2.05) is 29.2 Å². The molecule has 1 aromatic carbocycles. The number of rotatable bonds is 4. The molecule has 0 aliphatic carbocycles. The minimum absolute atomic E-state index is 0.0223. The first-order chi connectivity index (χ1) is 15.1. The maximum absolute atomic E-state index is 12.8. The number of amides is 1. The Bertz CT molecular complexity index is 909. The molecule has 5 rings (SSSR count). The van der Waals surface area contributed by atoms with Crippen LogP contribution in [0, 0.1) is 5.92 Å². The first-order valence-electron chi connectivity index (χ1n) is 11.4. The molecule has 0 saturated carbocycles. The van der Waals surface area contributed by atoms with Crippen LogP contribution in [0.5, 0.6) is 0 Å². The minimum Gasteiger partial charge on any atom is -0.420 e. The van der Waals surface area contributed by atoms with E-state index in [-0.39, 0.29) is 6.04 Å². The van der Waals surface area contributed by atoms with Crippen molar-refractivity contribution in [1.29, 1.82) is 0 Å². The van der Waals surface area contributed by atoms with E-state index < -0.39 is 0 Å². The quantitative estimate of drug-likeness (QED) is 0.782. The molecule has 2 aromatic rings. The van der Waals surface area contributed by atoms with Crippen molar-refractivity contribution in [3.8, 4) is 11.5 Å². The SMILES string of the molecule is CC1CCN(C(=O)[C@@H]2C[C@H](N3CCC(c4nnc(-c5ccc(Cl)cc5)o4)CC3)CN2)C1. The van der Waals surface area contributed by atoms with Crippen molar-refractivity contribution in [2.24, 2.45) is 5.92 Å². The molecular formula is C23H30ClN5O2. The van der Waals surface area contributed by atoms with Gasteiger partial charge in [-0.15, -0.1) is 10.2 Å². The van der Waals surface area contributed by atoms with Crippen molar-refractivity contribution in [2.45, 2.75) is 50.6 Å². The van der Waals surface area contributed by atoms with Gasteiger partial charge in [-0.1, -0.05) is 18.5 Å².